The number of hydrogen-bond acceptors (Lipinski definition) is 2. The molecular weight excluding hydrogens is 495 g/mol. The van der Waals surface area contributed by atoms with Crippen LogP contribution >= 0.6 is 51.7 Å². The lowest BCUT2D eigenvalue weighted by Crippen LogP contribution is -2.42. The van der Waals surface area contributed by atoms with Crippen LogP contribution in [0.3, 0.4) is 0 Å². The zero-order valence-electron chi connectivity index (χ0n) is 9.72. The number of alkyl halides is 2. The lowest BCUT2D eigenvalue weighted by molar-refractivity contribution is -0.117. The summed E-state index contributed by atoms with van der Waals surface area (Å²) < 4.78 is 0.791. The molecule has 100 valence electrons. The molecule has 0 radical (unpaired) electrons. The number of anilines is 1. The predicted octanol–water partition coefficient (Wildman–Crippen LogP) is 3.14. The number of hydrogen-bond donors (Lipinski definition) is 2. The molecule has 0 fully saturated rings. The minimum Gasteiger partial charge on any atom is -0.275 e. The highest BCUT2D eigenvalue weighted by molar-refractivity contribution is 14.2. The largest absolute Gasteiger partial charge is 0.275 e. The number of benzene rings is 1. The highest BCUT2D eigenvalue weighted by atomic mass is 127. The van der Waals surface area contributed by atoms with Gasteiger partial charge in [-0.05, 0) is 30.4 Å². The normalized spacial score (nSPS) is 12.3. The van der Waals surface area contributed by atoms with Crippen LogP contribution in [-0.2, 0) is 16.6 Å². The summed E-state index contributed by atoms with van der Waals surface area (Å²) in [5.74, 6) is -0.147. The van der Waals surface area contributed by atoms with Crippen molar-refractivity contribution in [2.75, 3.05) is 4.67 Å². The van der Waals surface area contributed by atoms with Crippen LogP contribution in [0, 0.1) is 0 Å². The van der Waals surface area contributed by atoms with Crippen LogP contribution < -0.4 is 15.7 Å². The SMILES string of the molecule is CCC(I)(I)C(=O)N(c1ccccc1)P(N)(N)=S. The second kappa shape index (κ2) is 6.45. The van der Waals surface area contributed by atoms with E-state index in [1.807, 2.05) is 25.1 Å². The molecule has 0 aliphatic heterocycles. The second-order valence-electron chi connectivity index (χ2n) is 3.68. The fourth-order valence-electron chi connectivity index (χ4n) is 1.32. The van der Waals surface area contributed by atoms with Gasteiger partial charge in [-0.3, -0.25) is 20.5 Å². The third-order valence-electron chi connectivity index (χ3n) is 2.26. The number of amides is 1. The minimum absolute atomic E-state index is 0.147. The van der Waals surface area contributed by atoms with E-state index in [4.69, 9.17) is 22.8 Å². The summed E-state index contributed by atoms with van der Waals surface area (Å²) in [5, 5.41) is 0. The van der Waals surface area contributed by atoms with Crippen molar-refractivity contribution in [3.8, 4) is 0 Å². The van der Waals surface area contributed by atoms with Crippen LogP contribution in [0.1, 0.15) is 13.3 Å². The molecule has 0 saturated carbocycles. The zero-order chi connectivity index (χ0) is 14.0. The molecule has 1 aromatic rings. The van der Waals surface area contributed by atoms with E-state index >= 15 is 0 Å². The molecule has 0 spiro atoms. The quantitative estimate of drug-likeness (QED) is 0.372. The number of halogens is 2. The Labute approximate surface area is 139 Å². The summed E-state index contributed by atoms with van der Waals surface area (Å²) in [4.78, 5) is 12.6. The van der Waals surface area contributed by atoms with Gasteiger partial charge in [0.2, 0.25) is 0 Å². The number of carbonyl (C=O) groups is 1. The highest BCUT2D eigenvalue weighted by Gasteiger charge is 2.38. The third-order valence-corrected chi connectivity index (χ3v) is 6.24. The van der Waals surface area contributed by atoms with E-state index in [0.717, 1.165) is 0 Å². The molecule has 0 aliphatic rings. The summed E-state index contributed by atoms with van der Waals surface area (Å²) in [6.07, 6.45) is 0.672. The van der Waals surface area contributed by atoms with Gasteiger partial charge in [0.25, 0.3) is 5.91 Å². The number of nitrogens with two attached hydrogens (primary N) is 2. The summed E-state index contributed by atoms with van der Waals surface area (Å²) in [7, 11) is 0. The Kier molecular flexibility index (Phi) is 6.01. The van der Waals surface area contributed by atoms with Crippen molar-refractivity contribution in [1.82, 2.24) is 0 Å². The van der Waals surface area contributed by atoms with Gasteiger partial charge in [-0.2, -0.15) is 0 Å². The number of rotatable bonds is 4. The molecule has 0 aliphatic carbocycles. The second-order valence-corrected chi connectivity index (χ2v) is 12.9. The van der Waals surface area contributed by atoms with Gasteiger partial charge in [0.05, 0.1) is 5.69 Å². The Hall–Kier alpha value is 0.720. The zero-order valence-corrected chi connectivity index (χ0v) is 15.7. The molecule has 18 heavy (non-hydrogen) atoms. The van der Waals surface area contributed by atoms with Crippen molar-refractivity contribution in [1.29, 1.82) is 0 Å². The lowest BCUT2D eigenvalue weighted by atomic mass is 10.3. The number of nitrogens with zero attached hydrogens (tertiary/aromatic N) is 1. The number of carbonyl (C=O) groups excluding carboxylic acids is 1. The van der Waals surface area contributed by atoms with Crippen LogP contribution in [0.2, 0.25) is 0 Å². The van der Waals surface area contributed by atoms with Crippen LogP contribution in [0.5, 0.6) is 0 Å². The molecule has 0 saturated heterocycles. The molecular formula is C10H14I2N3OPS. The Balaban J connectivity index is 3.26. The van der Waals surface area contributed by atoms with E-state index in [2.05, 4.69) is 45.2 Å². The molecule has 1 amide bonds. The average Bonchev–Trinajstić information content (AvgIpc) is 2.28. The van der Waals surface area contributed by atoms with Gasteiger partial charge in [-0.25, -0.2) is 0 Å². The molecule has 8 heteroatoms. The summed E-state index contributed by atoms with van der Waals surface area (Å²) in [6.45, 7) is -0.915. The predicted molar refractivity (Wildman–Crippen MR) is 97.6 cm³/mol. The Morgan fingerprint density at radius 3 is 2.28 bits per heavy atom. The smallest absolute Gasteiger partial charge is 0.258 e. The maximum Gasteiger partial charge on any atom is 0.258 e. The summed E-state index contributed by atoms with van der Waals surface area (Å²) in [5.41, 5.74) is 12.4. The van der Waals surface area contributed by atoms with Crippen molar-refractivity contribution < 1.29 is 4.79 Å². The first-order valence-electron chi connectivity index (χ1n) is 5.15. The molecule has 0 unspecified atom stereocenters. The molecule has 0 heterocycles. The van der Waals surface area contributed by atoms with Crippen LogP contribution in [0.15, 0.2) is 30.3 Å². The molecule has 4 N–H and O–H groups in total. The van der Waals surface area contributed by atoms with E-state index in [9.17, 15) is 4.79 Å². The Morgan fingerprint density at radius 1 is 1.39 bits per heavy atom. The fourth-order valence-corrected chi connectivity index (χ4v) is 3.63. The Morgan fingerprint density at radius 2 is 1.89 bits per heavy atom. The van der Waals surface area contributed by atoms with E-state index < -0.39 is 7.92 Å². The first-order valence-corrected chi connectivity index (χ1v) is 10.2. The van der Waals surface area contributed by atoms with Gasteiger partial charge in [-0.1, -0.05) is 70.3 Å². The molecule has 0 bridgehead atoms. The fraction of sp³-hybridized carbons (Fsp3) is 0.300. The van der Waals surface area contributed by atoms with Gasteiger partial charge in [-0.15, -0.1) is 0 Å². The van der Waals surface area contributed by atoms with E-state index in [0.29, 0.717) is 12.1 Å². The maximum absolute atomic E-state index is 12.6. The van der Waals surface area contributed by atoms with Crippen molar-refractivity contribution in [3.05, 3.63) is 30.3 Å². The lowest BCUT2D eigenvalue weighted by Gasteiger charge is -2.33. The molecule has 0 aromatic heterocycles. The topological polar surface area (TPSA) is 72.3 Å². The Bertz CT molecular complexity index is 477. The van der Waals surface area contributed by atoms with Gasteiger partial charge in [0.1, 0.15) is 0 Å². The van der Waals surface area contributed by atoms with Gasteiger partial charge >= 0.3 is 0 Å². The molecule has 1 aromatic carbocycles. The van der Waals surface area contributed by atoms with E-state index in [1.165, 1.54) is 4.67 Å². The maximum atomic E-state index is 12.6. The van der Waals surface area contributed by atoms with E-state index in [-0.39, 0.29) is 5.91 Å². The van der Waals surface area contributed by atoms with Crippen molar-refractivity contribution >= 4 is 75.1 Å². The minimum atomic E-state index is -2.86. The van der Waals surface area contributed by atoms with E-state index in [1.54, 1.807) is 12.1 Å². The first kappa shape index (κ1) is 16.8. The van der Waals surface area contributed by atoms with Crippen molar-refractivity contribution in [2.24, 2.45) is 11.0 Å². The van der Waals surface area contributed by atoms with Gasteiger partial charge < -0.3 is 0 Å². The monoisotopic (exact) mass is 509 g/mol. The van der Waals surface area contributed by atoms with Crippen LogP contribution in [-0.4, -0.2) is 7.34 Å². The molecule has 0 atom stereocenters. The van der Waals surface area contributed by atoms with Gasteiger partial charge in [0, 0.05) is 0 Å². The average molecular weight is 509 g/mol. The highest BCUT2D eigenvalue weighted by Crippen LogP contribution is 2.44. The molecule has 4 nitrogen and oxygen atoms in total. The van der Waals surface area contributed by atoms with Crippen molar-refractivity contribution in [3.63, 3.8) is 0 Å². The first-order chi connectivity index (χ1) is 8.20. The van der Waals surface area contributed by atoms with Gasteiger partial charge in [0.15, 0.2) is 7.92 Å². The van der Waals surface area contributed by atoms with Crippen LogP contribution in [0.4, 0.5) is 5.69 Å². The number of para-hydroxylation sites is 1. The summed E-state index contributed by atoms with van der Waals surface area (Å²) >= 11 is 9.35. The third kappa shape index (κ3) is 4.11. The summed E-state index contributed by atoms with van der Waals surface area (Å²) in [6, 6.07) is 9.10. The van der Waals surface area contributed by atoms with Crippen LogP contribution in [0.25, 0.3) is 0 Å². The molecule has 1 rings (SSSR count). The standard InChI is InChI=1S/C10H14I2N3OPS/c1-2-10(11,12)9(16)15(17(13,14)18)8-6-4-3-5-7-8/h3-7H,2H2,1H3,(H4,13,14,18). The van der Waals surface area contributed by atoms with Crippen molar-refractivity contribution in [2.45, 2.75) is 14.8 Å².